The number of benzene rings is 11. The third kappa shape index (κ3) is 22.7. The molecule has 0 unspecified atom stereocenters. The van der Waals surface area contributed by atoms with Crippen LogP contribution < -0.4 is 36.1 Å². The van der Waals surface area contributed by atoms with Crippen molar-refractivity contribution in [2.45, 2.75) is 112 Å². The van der Waals surface area contributed by atoms with Crippen LogP contribution in [0.1, 0.15) is 84.7 Å². The lowest BCUT2D eigenvalue weighted by Gasteiger charge is -2.28. The molecule has 5 aromatic heterocycles. The van der Waals surface area contributed by atoms with E-state index < -0.39 is 80.2 Å². The number of fused-ring (bicyclic) bond motifs is 4. The summed E-state index contributed by atoms with van der Waals surface area (Å²) in [5, 5.41) is 4.83. The maximum atomic E-state index is 13.3. The second-order valence-electron chi connectivity index (χ2n) is 35.2. The van der Waals surface area contributed by atoms with Crippen LogP contribution in [0.4, 0.5) is 45.5 Å². The van der Waals surface area contributed by atoms with E-state index >= 15 is 0 Å². The molecule has 4 N–H and O–H groups in total. The van der Waals surface area contributed by atoms with E-state index in [4.69, 9.17) is 21.6 Å². The van der Waals surface area contributed by atoms with Crippen LogP contribution in [-0.4, -0.2) is 146 Å². The second-order valence-corrected chi connectivity index (χ2v) is 50.3. The molecule has 0 aliphatic carbocycles. The van der Waals surface area contributed by atoms with Crippen molar-refractivity contribution < 1.29 is 67.3 Å². The molecular weight excluding hydrogens is 1990 g/mol. The van der Waals surface area contributed by atoms with Crippen molar-refractivity contribution in [2.75, 3.05) is 85.3 Å². The van der Waals surface area contributed by atoms with E-state index in [2.05, 4.69) is 38.8 Å². The lowest BCUT2D eigenvalue weighted by atomic mass is 10.00. The molecule has 4 aliphatic heterocycles. The number of aromatic nitrogens is 6. The van der Waals surface area contributed by atoms with Gasteiger partial charge in [0, 0.05) is 118 Å². The van der Waals surface area contributed by atoms with Gasteiger partial charge in [0.25, 0.3) is 40.1 Å². The predicted octanol–water partition coefficient (Wildman–Crippen LogP) is 19.8. The van der Waals surface area contributed by atoms with Gasteiger partial charge in [0.1, 0.15) is 4.90 Å². The van der Waals surface area contributed by atoms with Gasteiger partial charge in [-0.15, -0.1) is 0 Å². The lowest BCUT2D eigenvalue weighted by molar-refractivity contribution is 0.573. The number of halogens is 1. The van der Waals surface area contributed by atoms with Gasteiger partial charge in [0.15, 0.2) is 5.82 Å². The highest BCUT2D eigenvalue weighted by Crippen LogP contribution is 2.40. The minimum Gasteiger partial charge on any atom is -0.280 e. The van der Waals surface area contributed by atoms with Crippen molar-refractivity contribution in [1.29, 1.82) is 0 Å². The SMILES string of the molecule is Cc1ccc(NS(=O)(=O)c2ccc(N3CCCCS3(=O)=O)cc2)cc1-c1ccc2cnccc2n1.Cc1ccc(NS(=O)(=O)c2ccc(N3CCCCS3(=O)=O)cc2C)cc1-c1ccc2ccccc2n1.Cc1ccc(NS(=O)(=O)c2ccc(N3CCCCS3(=O)=O)cc2C)cc1-c1ncc2ccccc2n1.Cc1ccc(NS(=O)(=O)c2ccc(N3CCCCS3(=O)=O)cc2Cl)cc1-c1nccc2ccccc12. The van der Waals surface area contributed by atoms with Gasteiger partial charge in [-0.05, 0) is 302 Å². The average molecular weight is 2100 g/mol. The van der Waals surface area contributed by atoms with E-state index in [1.54, 1.807) is 111 Å². The zero-order valence-electron chi connectivity index (χ0n) is 78.6. The fourth-order valence-electron chi connectivity index (χ4n) is 17.6. The van der Waals surface area contributed by atoms with Gasteiger partial charge >= 0.3 is 0 Å². The summed E-state index contributed by atoms with van der Waals surface area (Å²) >= 11 is 6.36. The van der Waals surface area contributed by atoms with Crippen LogP contribution in [0, 0.1) is 41.5 Å². The number of para-hydroxylation sites is 2. The Morgan fingerprint density at radius 1 is 0.301 bits per heavy atom. The van der Waals surface area contributed by atoms with Crippen LogP contribution in [0.5, 0.6) is 0 Å². The van der Waals surface area contributed by atoms with Crippen molar-refractivity contribution in [2.24, 2.45) is 0 Å². The standard InChI is InChI=1S/C27H27N3O4S2.C26H24ClN3O4S2.C26H26N4O4S2.C25H24N4O4S2/c1-19-9-11-22(18-24(19)26-13-10-21-7-3-4-8-25(21)28-26)29-36(33,34)27-14-12-23(17-20(27)2)30-15-5-6-16-35(30,31)32;1-18-8-9-20(16-23(18)26-22-7-3-2-6-19(22)12-13-28-26)29-36(33,34)25-11-10-21(17-24(25)27)30-14-4-5-15-35(30,31)32;1-18-9-10-21(16-23(18)26-27-17-20-7-3-4-8-24(20)28-26)29-36(33,34)25-12-11-22(15-19(25)2)30-13-5-6-14-35(30,31)32;1-18-4-6-20(16-23(18)25-11-5-19-17-26-13-12-24(19)27-25)28-35(32,33)22-9-7-21(8-10-22)29-14-2-3-15-34(29,30)31/h3-4,7-14,17-18,29H,5-6,15-16H2,1-2H3;2-3,6-13,16-17,29H,4-5,14-15H2,1H3;3-4,7-12,15-17,29H,5-6,13-14H2,1-2H3;4-13,16-17,28H,2-3,14-15H2,1H3. The first-order chi connectivity index (χ1) is 68.2. The molecule has 0 spiro atoms. The highest BCUT2D eigenvalue weighted by molar-refractivity contribution is 7.95. The van der Waals surface area contributed by atoms with Crippen LogP contribution in [0.2, 0.25) is 5.02 Å². The molecule has 11 aromatic carbocycles. The molecule has 30 nitrogen and oxygen atoms in total. The molecule has 39 heteroatoms. The topological polar surface area (TPSA) is 412 Å². The van der Waals surface area contributed by atoms with Crippen LogP contribution in [0.3, 0.4) is 0 Å². The summed E-state index contributed by atoms with van der Waals surface area (Å²) in [7, 11) is -29.3. The molecular formula is C104H101ClN14O16S8. The Hall–Kier alpha value is -13.6. The maximum absolute atomic E-state index is 13.3. The number of hydrogen-bond donors (Lipinski definition) is 4. The van der Waals surface area contributed by atoms with Crippen molar-refractivity contribution in [3.05, 3.63) is 324 Å². The molecule has 0 amide bonds. The molecule has 0 saturated carbocycles. The first-order valence-corrected chi connectivity index (χ1v) is 58.7. The molecule has 0 bridgehead atoms. The summed E-state index contributed by atoms with van der Waals surface area (Å²) in [4.78, 5) is 27.3. The lowest BCUT2D eigenvalue weighted by Crippen LogP contribution is -2.37. The molecule has 4 fully saturated rings. The predicted molar refractivity (Wildman–Crippen MR) is 568 cm³/mol. The Balaban J connectivity index is 0.000000131. The molecule has 0 atom stereocenters. The zero-order chi connectivity index (χ0) is 101. The average Bonchev–Trinajstić information content (AvgIpc) is 0.981. The highest BCUT2D eigenvalue weighted by Gasteiger charge is 2.34. The van der Waals surface area contributed by atoms with Crippen LogP contribution >= 0.6 is 11.6 Å². The molecule has 16 aromatic rings. The number of aryl methyl sites for hydroxylation is 6. The number of sulfonamides is 8. The van der Waals surface area contributed by atoms with Gasteiger partial charge in [0.2, 0.25) is 40.1 Å². The second kappa shape index (κ2) is 41.4. The Morgan fingerprint density at radius 2 is 0.678 bits per heavy atom. The van der Waals surface area contributed by atoms with Crippen LogP contribution in [-0.2, 0) is 80.2 Å². The van der Waals surface area contributed by atoms with Crippen LogP contribution in [0.25, 0.3) is 88.6 Å². The van der Waals surface area contributed by atoms with Crippen molar-refractivity contribution in [3.63, 3.8) is 0 Å². The minimum atomic E-state index is -4.04. The number of pyridine rings is 4. The Labute approximate surface area is 838 Å². The van der Waals surface area contributed by atoms with E-state index in [1.165, 1.54) is 71.8 Å². The largest absolute Gasteiger partial charge is 0.280 e. The summed E-state index contributed by atoms with van der Waals surface area (Å²) in [5.41, 5.74) is 16.0. The summed E-state index contributed by atoms with van der Waals surface area (Å²) in [5.74, 6) is 0.885. The van der Waals surface area contributed by atoms with Gasteiger partial charge in [-0.1, -0.05) is 103 Å². The van der Waals surface area contributed by atoms with E-state index in [0.717, 1.165) is 131 Å². The molecule has 143 heavy (non-hydrogen) atoms. The maximum Gasteiger partial charge on any atom is 0.263 e. The molecule has 0 radical (unpaired) electrons. The Kier molecular flexibility index (Phi) is 29.2. The molecule has 4 aliphatic rings. The van der Waals surface area contributed by atoms with Gasteiger partial charge in [-0.3, -0.25) is 46.1 Å². The fraction of sp³-hybridized carbons (Fsp3) is 0.212. The van der Waals surface area contributed by atoms with E-state index in [0.29, 0.717) is 114 Å². The monoisotopic (exact) mass is 2090 g/mol. The Bertz CT molecular complexity index is 8420. The summed E-state index contributed by atoms with van der Waals surface area (Å²) in [6.45, 7) is 12.7. The number of nitrogens with one attached hydrogen (secondary N) is 4. The van der Waals surface area contributed by atoms with Crippen LogP contribution in [0.15, 0.2) is 305 Å². The molecule has 9 heterocycles. The first kappa shape index (κ1) is 101. The minimum absolute atomic E-state index is 0.0501. The van der Waals surface area contributed by atoms with Gasteiger partial charge < -0.3 is 0 Å². The highest BCUT2D eigenvalue weighted by atomic mass is 35.5. The summed E-state index contributed by atoms with van der Waals surface area (Å²) in [6.07, 6.45) is 12.5. The third-order valence-corrected chi connectivity index (χ3v) is 38.9. The smallest absolute Gasteiger partial charge is 0.263 e. The van der Waals surface area contributed by atoms with Gasteiger partial charge in [-0.2, -0.15) is 0 Å². The zero-order valence-corrected chi connectivity index (χ0v) is 85.9. The number of nitrogens with zero attached hydrogens (tertiary/aromatic N) is 10. The molecule has 20 rings (SSSR count). The first-order valence-electron chi connectivity index (χ1n) is 46.0. The number of hydrogen-bond acceptors (Lipinski definition) is 22. The third-order valence-electron chi connectivity index (χ3n) is 25.1. The fourth-order valence-corrected chi connectivity index (χ4v) is 29.3. The van der Waals surface area contributed by atoms with Gasteiger partial charge in [0.05, 0.1) is 99.1 Å². The molecule has 4 saturated heterocycles. The van der Waals surface area contributed by atoms with E-state index in [-0.39, 0.29) is 47.6 Å². The summed E-state index contributed by atoms with van der Waals surface area (Å²) < 4.78 is 221. The normalized spacial score (nSPS) is 15.7. The summed E-state index contributed by atoms with van der Waals surface area (Å²) in [6, 6.07) is 75.5. The van der Waals surface area contributed by atoms with Crippen molar-refractivity contribution in [3.8, 4) is 45.2 Å². The quantitative estimate of drug-likeness (QED) is 0.0550. The Morgan fingerprint density at radius 3 is 1.16 bits per heavy atom. The number of anilines is 8. The number of rotatable bonds is 20. The van der Waals surface area contributed by atoms with Gasteiger partial charge in [-0.25, -0.2) is 87.3 Å². The van der Waals surface area contributed by atoms with E-state index in [9.17, 15) is 67.3 Å². The van der Waals surface area contributed by atoms with Crippen molar-refractivity contribution in [1.82, 2.24) is 29.9 Å². The van der Waals surface area contributed by atoms with Crippen molar-refractivity contribution >= 4 is 181 Å². The van der Waals surface area contributed by atoms with E-state index in [1.807, 2.05) is 161 Å². The molecule has 738 valence electrons.